The summed E-state index contributed by atoms with van der Waals surface area (Å²) in [4.78, 5) is 0. The highest BCUT2D eigenvalue weighted by Gasteiger charge is 2.28. The summed E-state index contributed by atoms with van der Waals surface area (Å²) >= 11 is 0. The van der Waals surface area contributed by atoms with Gasteiger partial charge >= 0.3 is 0 Å². The van der Waals surface area contributed by atoms with Crippen LogP contribution < -0.4 is 4.74 Å². The molecule has 2 heterocycles. The lowest BCUT2D eigenvalue weighted by Crippen LogP contribution is -1.99. The highest BCUT2D eigenvalue weighted by atomic mass is 16.5. The van der Waals surface area contributed by atoms with Crippen molar-refractivity contribution in [1.82, 2.24) is 4.57 Å². The van der Waals surface area contributed by atoms with E-state index in [1.165, 1.54) is 38.7 Å². The molecule has 0 saturated heterocycles. The Morgan fingerprint density at radius 2 is 0.950 bits per heavy atom. The van der Waals surface area contributed by atoms with E-state index in [0.29, 0.717) is 0 Å². The molecule has 188 valence electrons. The van der Waals surface area contributed by atoms with Crippen molar-refractivity contribution < 1.29 is 4.74 Å². The number of hydrogen-bond acceptors (Lipinski definition) is 1. The average Bonchev–Trinajstić information content (AvgIpc) is 3.29. The zero-order chi connectivity index (χ0) is 26.5. The molecule has 0 radical (unpaired) electrons. The van der Waals surface area contributed by atoms with Crippen LogP contribution in [-0.2, 0) is 0 Å². The predicted octanol–water partition coefficient (Wildman–Crippen LogP) is 10.4. The fourth-order valence-electron chi connectivity index (χ4n) is 6.00. The van der Waals surface area contributed by atoms with Crippen LogP contribution >= 0.6 is 0 Å². The first-order valence-corrected chi connectivity index (χ1v) is 13.6. The summed E-state index contributed by atoms with van der Waals surface area (Å²) in [5, 5.41) is 1.21. The summed E-state index contributed by atoms with van der Waals surface area (Å²) in [6, 6.07) is 53.7. The van der Waals surface area contributed by atoms with Gasteiger partial charge in [0.15, 0.2) is 0 Å². The third-order valence-electron chi connectivity index (χ3n) is 7.78. The molecular weight excluding hydrogens is 486 g/mol. The van der Waals surface area contributed by atoms with Crippen LogP contribution in [0, 0.1) is 0 Å². The third kappa shape index (κ3) is 3.58. The standard InChI is InChI=1S/C38H25NO/c1-3-13-26(14-4-1)28-23-29(27-15-5-2-6-16-27)25-30(24-28)39-34-20-10-7-17-31(34)37-32-18-8-11-21-35(32)40-36-22-12-9-19-33(36)38(37)39/h1-25H. The largest absolute Gasteiger partial charge is 0.456 e. The molecule has 40 heavy (non-hydrogen) atoms. The van der Waals surface area contributed by atoms with Crippen molar-refractivity contribution >= 4 is 10.9 Å². The fourth-order valence-corrected chi connectivity index (χ4v) is 6.00. The molecule has 6 aromatic carbocycles. The third-order valence-corrected chi connectivity index (χ3v) is 7.78. The summed E-state index contributed by atoms with van der Waals surface area (Å²) in [6.07, 6.45) is 0. The number of aromatic nitrogens is 1. The van der Waals surface area contributed by atoms with E-state index in [2.05, 4.69) is 144 Å². The predicted molar refractivity (Wildman–Crippen MR) is 165 cm³/mol. The van der Waals surface area contributed by atoms with E-state index in [9.17, 15) is 0 Å². The van der Waals surface area contributed by atoms with Crippen LogP contribution in [0.4, 0.5) is 0 Å². The Labute approximate surface area is 233 Å². The molecule has 0 amide bonds. The lowest BCUT2D eigenvalue weighted by Gasteiger charge is -2.17. The Balaban J connectivity index is 1.52. The maximum absolute atomic E-state index is 6.56. The molecule has 0 bridgehead atoms. The van der Waals surface area contributed by atoms with Crippen LogP contribution in [0.25, 0.3) is 61.2 Å². The van der Waals surface area contributed by atoms with E-state index in [0.717, 1.165) is 34.0 Å². The molecular formula is C38H25NO. The number of nitrogens with zero attached hydrogens (tertiary/aromatic N) is 1. The molecule has 1 aromatic heterocycles. The minimum absolute atomic E-state index is 0.861. The lowest BCUT2D eigenvalue weighted by molar-refractivity contribution is 0.487. The van der Waals surface area contributed by atoms with Crippen molar-refractivity contribution in [2.24, 2.45) is 0 Å². The van der Waals surface area contributed by atoms with Gasteiger partial charge in [0.05, 0.1) is 11.2 Å². The number of ether oxygens (including phenoxy) is 1. The van der Waals surface area contributed by atoms with Crippen LogP contribution in [0.2, 0.25) is 0 Å². The van der Waals surface area contributed by atoms with Crippen molar-refractivity contribution in [2.45, 2.75) is 0 Å². The van der Waals surface area contributed by atoms with E-state index in [4.69, 9.17) is 4.74 Å². The average molecular weight is 512 g/mol. The Bertz CT molecular complexity index is 1960. The van der Waals surface area contributed by atoms with Crippen LogP contribution in [0.3, 0.4) is 0 Å². The molecule has 0 unspecified atom stereocenters. The molecule has 1 aliphatic rings. The Morgan fingerprint density at radius 1 is 0.425 bits per heavy atom. The van der Waals surface area contributed by atoms with Gasteiger partial charge in [-0.1, -0.05) is 109 Å². The summed E-state index contributed by atoms with van der Waals surface area (Å²) in [5.41, 5.74) is 11.6. The van der Waals surface area contributed by atoms with Crippen LogP contribution in [0.15, 0.2) is 152 Å². The molecule has 2 heteroatoms. The zero-order valence-electron chi connectivity index (χ0n) is 21.8. The van der Waals surface area contributed by atoms with Gasteiger partial charge in [0.2, 0.25) is 0 Å². The zero-order valence-corrected chi connectivity index (χ0v) is 21.8. The minimum atomic E-state index is 0.861. The molecule has 0 N–H and O–H groups in total. The van der Waals surface area contributed by atoms with Crippen molar-refractivity contribution in [3.8, 4) is 61.8 Å². The van der Waals surface area contributed by atoms with Gasteiger partial charge in [-0.05, 0) is 64.7 Å². The first-order chi connectivity index (χ1) is 19.8. The number of benzene rings is 6. The van der Waals surface area contributed by atoms with Crippen molar-refractivity contribution in [2.75, 3.05) is 0 Å². The Hall–Kier alpha value is -5.34. The second-order valence-corrected chi connectivity index (χ2v) is 10.2. The topological polar surface area (TPSA) is 14.2 Å². The summed E-state index contributed by atoms with van der Waals surface area (Å²) in [5.74, 6) is 1.74. The molecule has 0 aliphatic carbocycles. The number of para-hydroxylation sites is 3. The molecule has 8 rings (SSSR count). The monoisotopic (exact) mass is 511 g/mol. The minimum Gasteiger partial charge on any atom is -0.456 e. The van der Waals surface area contributed by atoms with Gasteiger partial charge in [0.1, 0.15) is 11.5 Å². The Kier molecular flexibility index (Phi) is 5.17. The van der Waals surface area contributed by atoms with Gasteiger partial charge in [-0.2, -0.15) is 0 Å². The van der Waals surface area contributed by atoms with E-state index in [1.807, 2.05) is 12.1 Å². The van der Waals surface area contributed by atoms with E-state index in [1.54, 1.807) is 0 Å². The molecule has 0 saturated carbocycles. The molecule has 0 fully saturated rings. The molecule has 1 aliphatic heterocycles. The Morgan fingerprint density at radius 3 is 1.62 bits per heavy atom. The molecule has 7 aromatic rings. The van der Waals surface area contributed by atoms with Crippen LogP contribution in [0.1, 0.15) is 0 Å². The van der Waals surface area contributed by atoms with Gasteiger partial charge in [0, 0.05) is 27.8 Å². The van der Waals surface area contributed by atoms with Gasteiger partial charge in [-0.25, -0.2) is 0 Å². The van der Waals surface area contributed by atoms with Gasteiger partial charge < -0.3 is 9.30 Å². The van der Waals surface area contributed by atoms with Crippen molar-refractivity contribution in [3.63, 3.8) is 0 Å². The SMILES string of the molecule is c1ccc(-c2cc(-c3ccccc3)cc(-n3c4c(c5ccccc53)-c3ccccc3Oc3ccccc3-4)c2)cc1. The highest BCUT2D eigenvalue weighted by Crippen LogP contribution is 2.51. The maximum atomic E-state index is 6.56. The maximum Gasteiger partial charge on any atom is 0.136 e. The van der Waals surface area contributed by atoms with E-state index < -0.39 is 0 Å². The number of rotatable bonds is 3. The fraction of sp³-hybridized carbons (Fsp3) is 0. The number of fused-ring (bicyclic) bond motifs is 7. The molecule has 0 spiro atoms. The van der Waals surface area contributed by atoms with Gasteiger partial charge in [-0.15, -0.1) is 0 Å². The quantitative estimate of drug-likeness (QED) is 0.230. The number of hydrogen-bond donors (Lipinski definition) is 0. The summed E-state index contributed by atoms with van der Waals surface area (Å²) < 4.78 is 8.98. The smallest absolute Gasteiger partial charge is 0.136 e. The van der Waals surface area contributed by atoms with Gasteiger partial charge in [0.25, 0.3) is 0 Å². The first-order valence-electron chi connectivity index (χ1n) is 13.6. The lowest BCUT2D eigenvalue weighted by atomic mass is 9.97. The summed E-state index contributed by atoms with van der Waals surface area (Å²) in [7, 11) is 0. The van der Waals surface area contributed by atoms with Crippen molar-refractivity contribution in [3.05, 3.63) is 152 Å². The van der Waals surface area contributed by atoms with E-state index >= 15 is 0 Å². The van der Waals surface area contributed by atoms with E-state index in [-0.39, 0.29) is 0 Å². The van der Waals surface area contributed by atoms with Crippen LogP contribution in [0.5, 0.6) is 11.5 Å². The van der Waals surface area contributed by atoms with Crippen molar-refractivity contribution in [1.29, 1.82) is 0 Å². The van der Waals surface area contributed by atoms with Crippen LogP contribution in [-0.4, -0.2) is 4.57 Å². The second-order valence-electron chi connectivity index (χ2n) is 10.2. The normalized spacial score (nSPS) is 11.7. The molecule has 2 nitrogen and oxygen atoms in total. The molecule has 0 atom stereocenters. The first kappa shape index (κ1) is 22.6. The second kappa shape index (κ2) is 9.14. The summed E-state index contributed by atoms with van der Waals surface area (Å²) in [6.45, 7) is 0. The highest BCUT2D eigenvalue weighted by molar-refractivity contribution is 6.08. The van der Waals surface area contributed by atoms with Gasteiger partial charge in [-0.3, -0.25) is 0 Å².